The van der Waals surface area contributed by atoms with Gasteiger partial charge in [-0.25, -0.2) is 4.98 Å². The van der Waals surface area contributed by atoms with Crippen LogP contribution in [0.1, 0.15) is 31.7 Å². The molecule has 0 radical (unpaired) electrons. The molecule has 2 heterocycles. The number of thioether (sulfide) groups is 1. The van der Waals surface area contributed by atoms with E-state index in [0.29, 0.717) is 24.1 Å². The molecule has 0 bridgehead atoms. The normalized spacial score (nSPS) is 12.2. The zero-order valence-electron chi connectivity index (χ0n) is 17.2. The van der Waals surface area contributed by atoms with E-state index < -0.39 is 0 Å². The zero-order valence-corrected chi connectivity index (χ0v) is 18.0. The highest BCUT2D eigenvalue weighted by molar-refractivity contribution is 7.98. The molecule has 0 aliphatic carbocycles. The van der Waals surface area contributed by atoms with Crippen LogP contribution < -0.4 is 4.74 Å². The van der Waals surface area contributed by atoms with Crippen LogP contribution in [0.15, 0.2) is 64.1 Å². The van der Waals surface area contributed by atoms with E-state index in [1.807, 2.05) is 44.2 Å². The second kappa shape index (κ2) is 9.28. The van der Waals surface area contributed by atoms with Gasteiger partial charge in [-0.05, 0) is 43.2 Å². The largest absolute Gasteiger partial charge is 0.497 e. The fraction of sp³-hybridized carbons (Fsp3) is 0.261. The Hall–Kier alpha value is -2.90. The number of methoxy groups -OCH3 is 1. The van der Waals surface area contributed by atoms with E-state index in [1.165, 1.54) is 0 Å². The number of benzene rings is 2. The van der Waals surface area contributed by atoms with Crippen molar-refractivity contribution in [2.45, 2.75) is 30.7 Å². The molecular weight excluding hydrogens is 398 g/mol. The summed E-state index contributed by atoms with van der Waals surface area (Å²) < 4.78 is 16.3. The van der Waals surface area contributed by atoms with Crippen molar-refractivity contribution in [2.75, 3.05) is 13.7 Å². The van der Waals surface area contributed by atoms with Gasteiger partial charge in [-0.3, -0.25) is 0 Å². The first-order valence-corrected chi connectivity index (χ1v) is 10.8. The monoisotopic (exact) mass is 421 g/mol. The van der Waals surface area contributed by atoms with Crippen LogP contribution >= 0.6 is 11.8 Å². The molecule has 1 unspecified atom stereocenters. The van der Waals surface area contributed by atoms with E-state index in [0.717, 1.165) is 32.8 Å². The van der Waals surface area contributed by atoms with Gasteiger partial charge >= 0.3 is 0 Å². The van der Waals surface area contributed by atoms with Gasteiger partial charge in [0.05, 0.1) is 23.4 Å². The summed E-state index contributed by atoms with van der Waals surface area (Å²) in [7, 11) is 1.66. The summed E-state index contributed by atoms with van der Waals surface area (Å²) in [5.41, 5.74) is 3.15. The van der Waals surface area contributed by atoms with Crippen molar-refractivity contribution in [1.29, 1.82) is 0 Å². The molecule has 1 atom stereocenters. The van der Waals surface area contributed by atoms with Crippen molar-refractivity contribution < 1.29 is 14.0 Å². The van der Waals surface area contributed by atoms with Crippen LogP contribution in [0.2, 0.25) is 0 Å². The number of nitrogens with zero attached hydrogens (tertiary/aromatic N) is 3. The van der Waals surface area contributed by atoms with Crippen molar-refractivity contribution in [2.24, 2.45) is 0 Å². The lowest BCUT2D eigenvalue weighted by Gasteiger charge is -2.10. The standard InChI is InChI=1S/C23H23N3O3S/c1-4-28-15(2)23-25-21(29-26-23)14-30-22-13-19(16-8-6-5-7-9-16)18-11-10-17(27-3)12-20(18)24-22/h5-13,15H,4,14H2,1-3H3. The highest BCUT2D eigenvalue weighted by Gasteiger charge is 2.15. The zero-order chi connectivity index (χ0) is 20.9. The maximum absolute atomic E-state index is 5.52. The van der Waals surface area contributed by atoms with Crippen molar-refractivity contribution in [3.05, 3.63) is 66.3 Å². The Kier molecular flexibility index (Phi) is 6.30. The van der Waals surface area contributed by atoms with Crippen LogP contribution in [0.5, 0.6) is 5.75 Å². The predicted octanol–water partition coefficient (Wildman–Crippen LogP) is 5.68. The average molecular weight is 422 g/mol. The molecule has 2 aromatic heterocycles. The molecule has 0 saturated carbocycles. The third-order valence-electron chi connectivity index (χ3n) is 4.69. The Bertz CT molecular complexity index is 1130. The van der Waals surface area contributed by atoms with Crippen molar-refractivity contribution in [3.8, 4) is 16.9 Å². The minimum absolute atomic E-state index is 0.187. The number of ether oxygens (including phenoxy) is 2. The van der Waals surface area contributed by atoms with Crippen LogP contribution in [0.25, 0.3) is 22.0 Å². The van der Waals surface area contributed by atoms with E-state index in [4.69, 9.17) is 19.0 Å². The predicted molar refractivity (Wildman–Crippen MR) is 118 cm³/mol. The van der Waals surface area contributed by atoms with Gasteiger partial charge < -0.3 is 14.0 Å². The Morgan fingerprint density at radius 3 is 2.67 bits per heavy atom. The number of hydrogen-bond acceptors (Lipinski definition) is 7. The molecular formula is C23H23N3O3S. The van der Waals surface area contributed by atoms with Crippen LogP contribution in [-0.2, 0) is 10.5 Å². The fourth-order valence-electron chi connectivity index (χ4n) is 3.19. The molecule has 0 spiro atoms. The average Bonchev–Trinajstić information content (AvgIpc) is 3.27. The first-order valence-electron chi connectivity index (χ1n) is 9.79. The lowest BCUT2D eigenvalue weighted by molar-refractivity contribution is 0.0683. The van der Waals surface area contributed by atoms with Crippen molar-refractivity contribution in [1.82, 2.24) is 15.1 Å². The van der Waals surface area contributed by atoms with Crippen molar-refractivity contribution >= 4 is 22.7 Å². The highest BCUT2D eigenvalue weighted by atomic mass is 32.2. The maximum atomic E-state index is 5.52. The first-order chi connectivity index (χ1) is 14.7. The summed E-state index contributed by atoms with van der Waals surface area (Å²) in [4.78, 5) is 9.27. The molecule has 0 N–H and O–H groups in total. The van der Waals surface area contributed by atoms with Crippen molar-refractivity contribution in [3.63, 3.8) is 0 Å². The van der Waals surface area contributed by atoms with Gasteiger partial charge in [0.15, 0.2) is 5.82 Å². The fourth-order valence-corrected chi connectivity index (χ4v) is 3.95. The molecule has 0 aliphatic rings. The molecule has 4 aromatic rings. The van der Waals surface area contributed by atoms with Gasteiger partial charge in [0.25, 0.3) is 0 Å². The van der Waals surface area contributed by atoms with E-state index in [2.05, 4.69) is 34.4 Å². The summed E-state index contributed by atoms with van der Waals surface area (Å²) in [5.74, 6) is 2.43. The third kappa shape index (κ3) is 4.47. The molecule has 2 aromatic carbocycles. The third-order valence-corrected chi connectivity index (χ3v) is 5.58. The summed E-state index contributed by atoms with van der Waals surface area (Å²) in [5, 5.41) is 5.99. The second-order valence-corrected chi connectivity index (χ2v) is 7.69. The van der Waals surface area contributed by atoms with Crippen LogP contribution in [0, 0.1) is 0 Å². The first kappa shape index (κ1) is 20.4. The second-order valence-electron chi connectivity index (χ2n) is 6.69. The van der Waals surface area contributed by atoms with Crippen LogP contribution in [-0.4, -0.2) is 28.8 Å². The summed E-state index contributed by atoms with van der Waals surface area (Å²) >= 11 is 1.56. The molecule has 6 nitrogen and oxygen atoms in total. The highest BCUT2D eigenvalue weighted by Crippen LogP contribution is 2.34. The summed E-state index contributed by atoms with van der Waals surface area (Å²) in [6.07, 6.45) is -0.187. The van der Waals surface area contributed by atoms with E-state index in [9.17, 15) is 0 Å². The van der Waals surface area contributed by atoms with Gasteiger partial charge in [0.1, 0.15) is 11.9 Å². The number of hydrogen-bond donors (Lipinski definition) is 0. The topological polar surface area (TPSA) is 70.3 Å². The Balaban J connectivity index is 1.64. The molecule has 30 heavy (non-hydrogen) atoms. The molecule has 4 rings (SSSR count). The van der Waals surface area contributed by atoms with Gasteiger partial charge in [-0.15, -0.1) is 0 Å². The quantitative estimate of drug-likeness (QED) is 0.339. The molecule has 0 amide bonds. The Morgan fingerprint density at radius 2 is 1.90 bits per heavy atom. The van der Waals surface area contributed by atoms with Gasteiger partial charge in [0.2, 0.25) is 5.89 Å². The molecule has 7 heteroatoms. The maximum Gasteiger partial charge on any atom is 0.237 e. The molecule has 0 saturated heterocycles. The van der Waals surface area contributed by atoms with E-state index in [-0.39, 0.29) is 6.10 Å². The molecule has 0 fully saturated rings. The van der Waals surface area contributed by atoms with Gasteiger partial charge in [-0.1, -0.05) is 47.3 Å². The minimum atomic E-state index is -0.187. The summed E-state index contributed by atoms with van der Waals surface area (Å²) in [6, 6.07) is 18.4. The van der Waals surface area contributed by atoms with Crippen LogP contribution in [0.3, 0.4) is 0 Å². The van der Waals surface area contributed by atoms with Gasteiger partial charge in [0, 0.05) is 18.1 Å². The SMILES string of the molecule is CCOC(C)c1noc(CSc2cc(-c3ccccc3)c3ccc(OC)cc3n2)n1. The smallest absolute Gasteiger partial charge is 0.237 e. The number of aromatic nitrogens is 3. The molecule has 0 aliphatic heterocycles. The Labute approximate surface area is 179 Å². The van der Waals surface area contributed by atoms with Crippen LogP contribution in [0.4, 0.5) is 0 Å². The van der Waals surface area contributed by atoms with E-state index in [1.54, 1.807) is 18.9 Å². The number of rotatable bonds is 8. The summed E-state index contributed by atoms with van der Waals surface area (Å²) in [6.45, 7) is 4.46. The lowest BCUT2D eigenvalue weighted by Crippen LogP contribution is -2.01. The number of fused-ring (bicyclic) bond motifs is 1. The van der Waals surface area contributed by atoms with E-state index >= 15 is 0 Å². The minimum Gasteiger partial charge on any atom is -0.497 e. The molecule has 154 valence electrons. The Morgan fingerprint density at radius 1 is 1.07 bits per heavy atom. The lowest BCUT2D eigenvalue weighted by atomic mass is 10.0. The van der Waals surface area contributed by atoms with Gasteiger partial charge in [-0.2, -0.15) is 4.98 Å². The number of pyridine rings is 1.